The van der Waals surface area contributed by atoms with Crippen LogP contribution in [0.25, 0.3) is 11.3 Å². The molecule has 0 aliphatic carbocycles. The summed E-state index contributed by atoms with van der Waals surface area (Å²) in [6, 6.07) is 11.0. The number of anilines is 1. The number of methoxy groups -OCH3 is 1. The normalized spacial score (nSPS) is 10.4. The van der Waals surface area contributed by atoms with Crippen LogP contribution >= 0.6 is 11.3 Å². The number of carbonyl (C=O) groups is 1. The second-order valence-corrected chi connectivity index (χ2v) is 5.44. The molecule has 3 aromatic rings. The summed E-state index contributed by atoms with van der Waals surface area (Å²) in [5.74, 6) is 0.956. The molecule has 1 amide bonds. The van der Waals surface area contributed by atoms with Crippen LogP contribution in [0.15, 0.2) is 51.7 Å². The van der Waals surface area contributed by atoms with Crippen LogP contribution in [0.5, 0.6) is 5.75 Å². The lowest BCUT2D eigenvalue weighted by atomic mass is 10.1. The van der Waals surface area contributed by atoms with Crippen molar-refractivity contribution in [3.05, 3.63) is 52.7 Å². The van der Waals surface area contributed by atoms with Crippen LogP contribution in [0, 0.1) is 0 Å². The lowest BCUT2D eigenvalue weighted by Gasteiger charge is -2.03. The molecule has 0 fully saturated rings. The van der Waals surface area contributed by atoms with Gasteiger partial charge < -0.3 is 9.26 Å². The van der Waals surface area contributed by atoms with Crippen molar-refractivity contribution in [1.82, 2.24) is 5.16 Å². The number of benzene rings is 1. The van der Waals surface area contributed by atoms with Crippen molar-refractivity contribution >= 4 is 23.1 Å². The minimum atomic E-state index is -0.154. The standard InChI is InChI=1S/C16H14N2O3S/c1-20-13-4-2-11(3-5-13)8-15(19)17-16-9-14(18-21-16)12-6-7-22-10-12/h2-7,9-10H,8H2,1H3,(H,17,19). The molecular formula is C16H14N2O3S. The van der Waals surface area contributed by atoms with E-state index in [0.29, 0.717) is 11.6 Å². The van der Waals surface area contributed by atoms with Gasteiger partial charge in [-0.25, -0.2) is 0 Å². The Morgan fingerprint density at radius 3 is 2.82 bits per heavy atom. The van der Waals surface area contributed by atoms with E-state index in [1.165, 1.54) is 0 Å². The molecular weight excluding hydrogens is 300 g/mol. The van der Waals surface area contributed by atoms with Crippen molar-refractivity contribution < 1.29 is 14.1 Å². The molecule has 0 unspecified atom stereocenters. The van der Waals surface area contributed by atoms with Crippen molar-refractivity contribution in [2.24, 2.45) is 0 Å². The van der Waals surface area contributed by atoms with Crippen LogP contribution in [0.1, 0.15) is 5.56 Å². The Morgan fingerprint density at radius 2 is 2.14 bits per heavy atom. The average molecular weight is 314 g/mol. The van der Waals surface area contributed by atoms with E-state index in [4.69, 9.17) is 9.26 Å². The van der Waals surface area contributed by atoms with Gasteiger partial charge in [0.1, 0.15) is 11.4 Å². The van der Waals surface area contributed by atoms with Gasteiger partial charge in [-0.1, -0.05) is 17.3 Å². The maximum Gasteiger partial charge on any atom is 0.231 e. The van der Waals surface area contributed by atoms with Crippen molar-refractivity contribution in [1.29, 1.82) is 0 Å². The van der Waals surface area contributed by atoms with Gasteiger partial charge in [0, 0.05) is 17.0 Å². The third kappa shape index (κ3) is 3.35. The van der Waals surface area contributed by atoms with Crippen LogP contribution < -0.4 is 10.1 Å². The first-order chi connectivity index (χ1) is 10.7. The topological polar surface area (TPSA) is 64.4 Å². The Kier molecular flexibility index (Phi) is 4.20. The number of hydrogen-bond donors (Lipinski definition) is 1. The molecule has 2 heterocycles. The summed E-state index contributed by atoms with van der Waals surface area (Å²) >= 11 is 1.58. The van der Waals surface area contributed by atoms with E-state index in [2.05, 4.69) is 10.5 Å². The van der Waals surface area contributed by atoms with E-state index in [-0.39, 0.29) is 12.3 Å². The molecule has 0 aliphatic rings. The number of thiophene rings is 1. The van der Waals surface area contributed by atoms with Crippen LogP contribution in [0.4, 0.5) is 5.88 Å². The molecule has 0 atom stereocenters. The summed E-state index contributed by atoms with van der Waals surface area (Å²) in [6.45, 7) is 0. The maximum atomic E-state index is 12.0. The number of amides is 1. The zero-order valence-corrected chi connectivity index (χ0v) is 12.7. The summed E-state index contributed by atoms with van der Waals surface area (Å²) in [7, 11) is 1.61. The third-order valence-electron chi connectivity index (χ3n) is 3.11. The molecule has 0 spiro atoms. The molecule has 0 radical (unpaired) electrons. The predicted molar refractivity (Wildman–Crippen MR) is 85.1 cm³/mol. The molecule has 0 bridgehead atoms. The van der Waals surface area contributed by atoms with Crippen molar-refractivity contribution in [2.45, 2.75) is 6.42 Å². The quantitative estimate of drug-likeness (QED) is 0.781. The Labute approximate surface area is 131 Å². The lowest BCUT2D eigenvalue weighted by molar-refractivity contribution is -0.115. The monoisotopic (exact) mass is 314 g/mol. The molecule has 112 valence electrons. The molecule has 5 nitrogen and oxygen atoms in total. The number of nitrogens with zero attached hydrogens (tertiary/aromatic N) is 1. The van der Waals surface area contributed by atoms with Gasteiger partial charge in [0.05, 0.1) is 13.5 Å². The van der Waals surface area contributed by atoms with E-state index in [1.54, 1.807) is 24.5 Å². The molecule has 0 saturated carbocycles. The zero-order chi connectivity index (χ0) is 15.4. The highest BCUT2D eigenvalue weighted by molar-refractivity contribution is 7.08. The van der Waals surface area contributed by atoms with Gasteiger partial charge >= 0.3 is 0 Å². The zero-order valence-electron chi connectivity index (χ0n) is 11.9. The van der Waals surface area contributed by atoms with Gasteiger partial charge in [-0.05, 0) is 29.1 Å². The van der Waals surface area contributed by atoms with E-state index in [9.17, 15) is 4.79 Å². The summed E-state index contributed by atoms with van der Waals surface area (Å²) in [4.78, 5) is 12.0. The first-order valence-electron chi connectivity index (χ1n) is 6.66. The number of hydrogen-bond acceptors (Lipinski definition) is 5. The second-order valence-electron chi connectivity index (χ2n) is 4.66. The Hall–Kier alpha value is -2.60. The van der Waals surface area contributed by atoms with E-state index < -0.39 is 0 Å². The molecule has 3 rings (SSSR count). The minimum Gasteiger partial charge on any atom is -0.497 e. The first kappa shape index (κ1) is 14.3. The van der Waals surface area contributed by atoms with Crippen molar-refractivity contribution in [2.75, 3.05) is 12.4 Å². The highest BCUT2D eigenvalue weighted by atomic mass is 32.1. The van der Waals surface area contributed by atoms with Crippen molar-refractivity contribution in [3.63, 3.8) is 0 Å². The molecule has 0 aliphatic heterocycles. The molecule has 22 heavy (non-hydrogen) atoms. The highest BCUT2D eigenvalue weighted by Crippen LogP contribution is 2.23. The lowest BCUT2D eigenvalue weighted by Crippen LogP contribution is -2.13. The van der Waals surface area contributed by atoms with Crippen LogP contribution in [0.2, 0.25) is 0 Å². The third-order valence-corrected chi connectivity index (χ3v) is 3.80. The largest absolute Gasteiger partial charge is 0.497 e. The smallest absolute Gasteiger partial charge is 0.231 e. The van der Waals surface area contributed by atoms with Crippen LogP contribution in [-0.4, -0.2) is 18.2 Å². The molecule has 1 aromatic carbocycles. The highest BCUT2D eigenvalue weighted by Gasteiger charge is 2.10. The number of ether oxygens (including phenoxy) is 1. The molecule has 6 heteroatoms. The molecule has 1 N–H and O–H groups in total. The second kappa shape index (κ2) is 6.44. The SMILES string of the molecule is COc1ccc(CC(=O)Nc2cc(-c3ccsc3)no2)cc1. The minimum absolute atomic E-state index is 0.154. The summed E-state index contributed by atoms with van der Waals surface area (Å²) < 4.78 is 10.2. The molecule has 2 aromatic heterocycles. The van der Waals surface area contributed by atoms with Crippen LogP contribution in [0.3, 0.4) is 0 Å². The van der Waals surface area contributed by atoms with Gasteiger partial charge in [-0.3, -0.25) is 10.1 Å². The van der Waals surface area contributed by atoms with E-state index >= 15 is 0 Å². The summed E-state index contributed by atoms with van der Waals surface area (Å²) in [6.07, 6.45) is 0.262. The van der Waals surface area contributed by atoms with Gasteiger partial charge in [-0.2, -0.15) is 11.3 Å². The summed E-state index contributed by atoms with van der Waals surface area (Å²) in [5, 5.41) is 10.6. The van der Waals surface area contributed by atoms with Crippen molar-refractivity contribution in [3.8, 4) is 17.0 Å². The fourth-order valence-corrected chi connectivity index (χ4v) is 2.64. The molecule has 0 saturated heterocycles. The van der Waals surface area contributed by atoms with Gasteiger partial charge in [0.15, 0.2) is 0 Å². The van der Waals surface area contributed by atoms with Gasteiger partial charge in [0.25, 0.3) is 0 Å². The first-order valence-corrected chi connectivity index (χ1v) is 7.61. The van der Waals surface area contributed by atoms with E-state index in [1.807, 2.05) is 41.1 Å². The fourth-order valence-electron chi connectivity index (χ4n) is 1.99. The number of aromatic nitrogens is 1. The number of rotatable bonds is 5. The van der Waals surface area contributed by atoms with Gasteiger partial charge in [0.2, 0.25) is 11.8 Å². The Morgan fingerprint density at radius 1 is 1.32 bits per heavy atom. The fraction of sp³-hybridized carbons (Fsp3) is 0.125. The predicted octanol–water partition coefficient (Wildman–Crippen LogP) is 3.59. The van der Waals surface area contributed by atoms with E-state index in [0.717, 1.165) is 16.9 Å². The Balaban J connectivity index is 1.61. The summed E-state index contributed by atoms with van der Waals surface area (Å²) in [5.41, 5.74) is 2.58. The Bertz CT molecular complexity index is 748. The van der Waals surface area contributed by atoms with Gasteiger partial charge in [-0.15, -0.1) is 0 Å². The number of nitrogens with one attached hydrogen (secondary N) is 1. The number of carbonyl (C=O) groups excluding carboxylic acids is 1. The van der Waals surface area contributed by atoms with Crippen LogP contribution in [-0.2, 0) is 11.2 Å². The maximum absolute atomic E-state index is 12.0. The average Bonchev–Trinajstić information content (AvgIpc) is 3.19.